The Morgan fingerprint density at radius 1 is 1.64 bits per heavy atom. The predicted molar refractivity (Wildman–Crippen MR) is 42.1 cm³/mol. The first-order valence-electron chi connectivity index (χ1n) is 3.77. The van der Waals surface area contributed by atoms with Gasteiger partial charge in [-0.1, -0.05) is 0 Å². The average Bonchev–Trinajstić information content (AvgIpc) is 2.05. The molecule has 4 nitrogen and oxygen atoms in total. The maximum absolute atomic E-state index is 11.3. The summed E-state index contributed by atoms with van der Waals surface area (Å²) in [6.07, 6.45) is 0. The van der Waals surface area contributed by atoms with E-state index < -0.39 is 0 Å². The molecular formula is C7H14N3O. The molecule has 0 spiro atoms. The van der Waals surface area contributed by atoms with Gasteiger partial charge < -0.3 is 10.2 Å². The molecule has 0 aromatic rings. The first-order valence-corrected chi connectivity index (χ1v) is 3.77. The zero-order valence-electron chi connectivity index (χ0n) is 7.00. The van der Waals surface area contributed by atoms with Crippen molar-refractivity contribution in [2.45, 2.75) is 0 Å². The monoisotopic (exact) mass is 156 g/mol. The SMILES string of the molecule is CN(C)C(=O)C1C[N]CNC1. The molecular weight excluding hydrogens is 142 g/mol. The van der Waals surface area contributed by atoms with Crippen LogP contribution in [-0.4, -0.2) is 44.7 Å². The van der Waals surface area contributed by atoms with Crippen LogP contribution in [0.1, 0.15) is 0 Å². The van der Waals surface area contributed by atoms with Gasteiger partial charge in [0, 0.05) is 27.2 Å². The Morgan fingerprint density at radius 2 is 2.36 bits per heavy atom. The van der Waals surface area contributed by atoms with Crippen LogP contribution in [0.25, 0.3) is 0 Å². The fourth-order valence-electron chi connectivity index (χ4n) is 1.13. The molecule has 1 amide bonds. The van der Waals surface area contributed by atoms with E-state index in [0.717, 1.165) is 6.54 Å². The van der Waals surface area contributed by atoms with E-state index in [-0.39, 0.29) is 11.8 Å². The number of carbonyl (C=O) groups excluding carboxylic acids is 1. The Labute approximate surface area is 66.9 Å². The van der Waals surface area contributed by atoms with Crippen LogP contribution < -0.4 is 10.6 Å². The maximum Gasteiger partial charge on any atom is 0.227 e. The van der Waals surface area contributed by atoms with Crippen LogP contribution in [-0.2, 0) is 4.79 Å². The van der Waals surface area contributed by atoms with Crippen LogP contribution in [0.3, 0.4) is 0 Å². The number of hydrogen-bond acceptors (Lipinski definition) is 2. The van der Waals surface area contributed by atoms with E-state index in [1.165, 1.54) is 0 Å². The fraction of sp³-hybridized carbons (Fsp3) is 0.857. The predicted octanol–water partition coefficient (Wildman–Crippen LogP) is -1.14. The zero-order valence-corrected chi connectivity index (χ0v) is 7.00. The van der Waals surface area contributed by atoms with Crippen LogP contribution >= 0.6 is 0 Å². The lowest BCUT2D eigenvalue weighted by Gasteiger charge is -2.24. The molecule has 0 aliphatic carbocycles. The Hall–Kier alpha value is -0.610. The summed E-state index contributed by atoms with van der Waals surface area (Å²) in [4.78, 5) is 12.9. The topological polar surface area (TPSA) is 46.4 Å². The Morgan fingerprint density at radius 3 is 2.82 bits per heavy atom. The van der Waals surface area contributed by atoms with Gasteiger partial charge in [-0.2, -0.15) is 0 Å². The Bertz CT molecular complexity index is 141. The molecule has 0 bridgehead atoms. The van der Waals surface area contributed by atoms with Crippen LogP contribution in [0.2, 0.25) is 0 Å². The van der Waals surface area contributed by atoms with Gasteiger partial charge in [0.05, 0.1) is 12.6 Å². The standard InChI is InChI=1S/C7H14N3O/c1-10(2)7(11)6-3-8-5-9-4-6/h6,8H,3-5H2,1-2H3. The number of carbonyl (C=O) groups is 1. The third-order valence-electron chi connectivity index (χ3n) is 1.75. The van der Waals surface area contributed by atoms with Crippen molar-refractivity contribution in [3.8, 4) is 0 Å². The minimum absolute atomic E-state index is 0.0544. The number of rotatable bonds is 1. The molecule has 1 unspecified atom stereocenters. The lowest BCUT2D eigenvalue weighted by atomic mass is 10.1. The second-order valence-electron chi connectivity index (χ2n) is 2.95. The Balaban J connectivity index is 2.39. The number of hydrogen-bond donors (Lipinski definition) is 1. The summed E-state index contributed by atoms with van der Waals surface area (Å²) < 4.78 is 0. The highest BCUT2D eigenvalue weighted by Gasteiger charge is 2.22. The molecule has 0 aromatic heterocycles. The van der Waals surface area contributed by atoms with E-state index in [2.05, 4.69) is 10.6 Å². The van der Waals surface area contributed by atoms with Gasteiger partial charge in [-0.15, -0.1) is 0 Å². The van der Waals surface area contributed by atoms with Crippen molar-refractivity contribution >= 4 is 5.91 Å². The van der Waals surface area contributed by atoms with Gasteiger partial charge in [0.2, 0.25) is 5.91 Å². The minimum atomic E-state index is 0.0544. The third-order valence-corrected chi connectivity index (χ3v) is 1.75. The van der Waals surface area contributed by atoms with Crippen molar-refractivity contribution in [1.29, 1.82) is 0 Å². The molecule has 4 heteroatoms. The highest BCUT2D eigenvalue weighted by Crippen LogP contribution is 2.00. The second kappa shape index (κ2) is 3.69. The molecule has 1 saturated heterocycles. The van der Waals surface area contributed by atoms with Crippen molar-refractivity contribution in [3.63, 3.8) is 0 Å². The lowest BCUT2D eigenvalue weighted by molar-refractivity contribution is -0.133. The largest absolute Gasteiger partial charge is 0.348 e. The maximum atomic E-state index is 11.3. The van der Waals surface area contributed by atoms with Gasteiger partial charge in [0.1, 0.15) is 0 Å². The van der Waals surface area contributed by atoms with Crippen molar-refractivity contribution in [2.24, 2.45) is 5.92 Å². The summed E-state index contributed by atoms with van der Waals surface area (Å²) >= 11 is 0. The van der Waals surface area contributed by atoms with E-state index in [0.29, 0.717) is 13.2 Å². The Kier molecular flexibility index (Phi) is 2.84. The minimum Gasteiger partial charge on any atom is -0.348 e. The molecule has 1 rings (SSSR count). The summed E-state index contributed by atoms with van der Waals surface area (Å²) in [6.45, 7) is 2.13. The molecule has 1 atom stereocenters. The fourth-order valence-corrected chi connectivity index (χ4v) is 1.13. The van der Waals surface area contributed by atoms with Gasteiger partial charge in [-0.3, -0.25) is 4.79 Å². The van der Waals surface area contributed by atoms with E-state index in [1.807, 2.05) is 0 Å². The van der Waals surface area contributed by atoms with E-state index in [9.17, 15) is 4.79 Å². The number of amides is 1. The summed E-state index contributed by atoms with van der Waals surface area (Å²) in [5.74, 6) is 0.222. The molecule has 1 N–H and O–H groups in total. The van der Waals surface area contributed by atoms with Crippen molar-refractivity contribution in [1.82, 2.24) is 15.5 Å². The first kappa shape index (κ1) is 8.49. The van der Waals surface area contributed by atoms with Crippen molar-refractivity contribution in [3.05, 3.63) is 0 Å². The molecule has 63 valence electrons. The second-order valence-corrected chi connectivity index (χ2v) is 2.95. The summed E-state index contributed by atoms with van der Waals surface area (Å²) in [5, 5.41) is 7.16. The molecule has 11 heavy (non-hydrogen) atoms. The molecule has 0 aromatic carbocycles. The zero-order chi connectivity index (χ0) is 8.27. The number of nitrogens with zero attached hydrogens (tertiary/aromatic N) is 2. The van der Waals surface area contributed by atoms with Crippen LogP contribution in [0.5, 0.6) is 0 Å². The smallest absolute Gasteiger partial charge is 0.227 e. The molecule has 1 fully saturated rings. The molecule has 0 saturated carbocycles. The van der Waals surface area contributed by atoms with E-state index in [4.69, 9.17) is 0 Å². The molecule has 1 aliphatic rings. The lowest BCUT2D eigenvalue weighted by Crippen LogP contribution is -2.46. The van der Waals surface area contributed by atoms with Gasteiger partial charge in [0.15, 0.2) is 0 Å². The summed E-state index contributed by atoms with van der Waals surface area (Å²) in [6, 6.07) is 0. The number of nitrogens with one attached hydrogen (secondary N) is 1. The molecule has 1 radical (unpaired) electrons. The highest BCUT2D eigenvalue weighted by atomic mass is 16.2. The van der Waals surface area contributed by atoms with E-state index in [1.54, 1.807) is 19.0 Å². The van der Waals surface area contributed by atoms with Gasteiger partial charge in [-0.25, -0.2) is 5.32 Å². The van der Waals surface area contributed by atoms with Gasteiger partial charge >= 0.3 is 0 Å². The normalized spacial score (nSPS) is 19.8. The van der Waals surface area contributed by atoms with Crippen LogP contribution in [0, 0.1) is 5.92 Å². The van der Waals surface area contributed by atoms with Crippen LogP contribution in [0.4, 0.5) is 0 Å². The van der Waals surface area contributed by atoms with Gasteiger partial charge in [-0.05, 0) is 0 Å². The molecule has 1 heterocycles. The average molecular weight is 156 g/mol. The molecule has 1 aliphatic heterocycles. The highest BCUT2D eigenvalue weighted by molar-refractivity contribution is 5.78. The van der Waals surface area contributed by atoms with Gasteiger partial charge in [0.25, 0.3) is 0 Å². The van der Waals surface area contributed by atoms with Crippen LogP contribution in [0.15, 0.2) is 0 Å². The van der Waals surface area contributed by atoms with Crippen molar-refractivity contribution < 1.29 is 4.79 Å². The summed E-state index contributed by atoms with van der Waals surface area (Å²) in [5.41, 5.74) is 0. The third kappa shape index (κ3) is 2.17. The summed E-state index contributed by atoms with van der Waals surface area (Å²) in [7, 11) is 3.55. The van der Waals surface area contributed by atoms with E-state index >= 15 is 0 Å². The van der Waals surface area contributed by atoms with Crippen molar-refractivity contribution in [2.75, 3.05) is 33.9 Å². The quantitative estimate of drug-likeness (QED) is 0.521. The first-order chi connectivity index (χ1) is 5.22.